The minimum atomic E-state index is -1.47. The first-order valence-corrected chi connectivity index (χ1v) is 7.25. The molecule has 0 fully saturated rings. The van der Waals surface area contributed by atoms with Crippen molar-refractivity contribution in [3.63, 3.8) is 0 Å². The largest absolute Gasteiger partial charge is 0.369 e. The van der Waals surface area contributed by atoms with Crippen LogP contribution < -0.4 is 0 Å². The number of aliphatic hydroxyl groups is 1. The summed E-state index contributed by atoms with van der Waals surface area (Å²) in [5, 5.41) is 10.9. The van der Waals surface area contributed by atoms with Gasteiger partial charge in [-0.15, -0.1) is 6.42 Å². The van der Waals surface area contributed by atoms with Gasteiger partial charge in [0.1, 0.15) is 5.82 Å². The van der Waals surface area contributed by atoms with Crippen LogP contribution in [0, 0.1) is 18.2 Å². The van der Waals surface area contributed by atoms with Crippen molar-refractivity contribution in [2.75, 3.05) is 0 Å². The van der Waals surface area contributed by atoms with Crippen LogP contribution >= 0.6 is 0 Å². The van der Waals surface area contributed by atoms with Gasteiger partial charge in [-0.05, 0) is 23.3 Å². The third-order valence-electron chi connectivity index (χ3n) is 3.88. The Labute approximate surface area is 135 Å². The predicted molar refractivity (Wildman–Crippen MR) is 90.1 cm³/mol. The van der Waals surface area contributed by atoms with Crippen molar-refractivity contribution in [3.8, 4) is 23.5 Å². The smallest absolute Gasteiger partial charge is 0.176 e. The molecule has 0 spiro atoms. The molecule has 3 rings (SSSR count). The molecule has 0 aliphatic carbocycles. The molecule has 0 heterocycles. The average molecular weight is 302 g/mol. The third kappa shape index (κ3) is 2.88. The summed E-state index contributed by atoms with van der Waals surface area (Å²) in [7, 11) is 0. The first kappa shape index (κ1) is 15.0. The molecular formula is C21H15FO. The van der Waals surface area contributed by atoms with Crippen LogP contribution in [0.2, 0.25) is 0 Å². The summed E-state index contributed by atoms with van der Waals surface area (Å²) in [6, 6.07) is 22.8. The summed E-state index contributed by atoms with van der Waals surface area (Å²) in [5.74, 6) is 2.22. The van der Waals surface area contributed by atoms with Gasteiger partial charge in [-0.2, -0.15) is 0 Å². The molecule has 0 saturated heterocycles. The van der Waals surface area contributed by atoms with Crippen LogP contribution in [0.5, 0.6) is 0 Å². The van der Waals surface area contributed by atoms with E-state index in [1.54, 1.807) is 36.4 Å². The molecule has 112 valence electrons. The van der Waals surface area contributed by atoms with E-state index in [0.717, 1.165) is 11.1 Å². The van der Waals surface area contributed by atoms with Crippen molar-refractivity contribution in [3.05, 3.63) is 95.8 Å². The van der Waals surface area contributed by atoms with Crippen LogP contribution in [-0.2, 0) is 5.60 Å². The van der Waals surface area contributed by atoms with E-state index in [2.05, 4.69) is 5.92 Å². The summed E-state index contributed by atoms with van der Waals surface area (Å²) in [6.45, 7) is 0. The van der Waals surface area contributed by atoms with Crippen LogP contribution in [0.4, 0.5) is 4.39 Å². The fourth-order valence-corrected chi connectivity index (χ4v) is 2.56. The molecule has 0 aliphatic heterocycles. The van der Waals surface area contributed by atoms with Gasteiger partial charge in [-0.1, -0.05) is 72.7 Å². The molecule has 1 atom stereocenters. The van der Waals surface area contributed by atoms with Crippen LogP contribution in [0.3, 0.4) is 0 Å². The van der Waals surface area contributed by atoms with E-state index in [4.69, 9.17) is 6.42 Å². The van der Waals surface area contributed by atoms with Crippen molar-refractivity contribution in [2.45, 2.75) is 5.60 Å². The van der Waals surface area contributed by atoms with Gasteiger partial charge in [0.2, 0.25) is 0 Å². The highest BCUT2D eigenvalue weighted by Crippen LogP contribution is 2.30. The van der Waals surface area contributed by atoms with Gasteiger partial charge >= 0.3 is 0 Å². The van der Waals surface area contributed by atoms with Crippen molar-refractivity contribution in [2.24, 2.45) is 0 Å². The average Bonchev–Trinajstić information content (AvgIpc) is 2.62. The molecule has 0 aromatic heterocycles. The molecule has 23 heavy (non-hydrogen) atoms. The second-order valence-electron chi connectivity index (χ2n) is 5.31. The summed E-state index contributed by atoms with van der Waals surface area (Å²) < 4.78 is 13.0. The third-order valence-corrected chi connectivity index (χ3v) is 3.88. The number of hydrogen-bond donors (Lipinski definition) is 1. The van der Waals surface area contributed by atoms with E-state index in [1.165, 1.54) is 12.1 Å². The number of hydrogen-bond acceptors (Lipinski definition) is 1. The topological polar surface area (TPSA) is 20.2 Å². The number of halogens is 1. The fraction of sp³-hybridized carbons (Fsp3) is 0.0476. The molecule has 1 nitrogen and oxygen atoms in total. The van der Waals surface area contributed by atoms with E-state index in [1.807, 2.05) is 30.3 Å². The van der Waals surface area contributed by atoms with Gasteiger partial charge in [0.15, 0.2) is 5.60 Å². The lowest BCUT2D eigenvalue weighted by Crippen LogP contribution is -2.24. The van der Waals surface area contributed by atoms with Crippen molar-refractivity contribution >= 4 is 0 Å². The molecule has 2 heteroatoms. The normalized spacial score (nSPS) is 13.1. The monoisotopic (exact) mass is 302 g/mol. The summed E-state index contributed by atoms with van der Waals surface area (Å²) in [5.41, 5.74) is 1.64. The van der Waals surface area contributed by atoms with Gasteiger partial charge in [-0.25, -0.2) is 4.39 Å². The Morgan fingerprint density at radius 3 is 1.74 bits per heavy atom. The van der Waals surface area contributed by atoms with E-state index >= 15 is 0 Å². The minimum absolute atomic E-state index is 0.267. The highest BCUT2D eigenvalue weighted by atomic mass is 19.1. The Hall–Kier alpha value is -2.89. The Morgan fingerprint density at radius 2 is 1.22 bits per heavy atom. The number of benzene rings is 3. The van der Waals surface area contributed by atoms with Crippen LogP contribution in [0.25, 0.3) is 11.1 Å². The summed E-state index contributed by atoms with van der Waals surface area (Å²) in [4.78, 5) is 0. The van der Waals surface area contributed by atoms with E-state index < -0.39 is 5.60 Å². The molecule has 0 saturated carbocycles. The van der Waals surface area contributed by atoms with Crippen molar-refractivity contribution in [1.29, 1.82) is 0 Å². The van der Waals surface area contributed by atoms with Crippen molar-refractivity contribution in [1.82, 2.24) is 0 Å². The second kappa shape index (κ2) is 6.08. The quantitative estimate of drug-likeness (QED) is 0.713. The molecule has 0 amide bonds. The standard InChI is InChI=1S/C21H15FO/c1-2-21(23,18-6-4-3-5-7-18)19-12-8-16(9-13-19)17-10-14-20(22)15-11-17/h1,3-15,23H. The van der Waals surface area contributed by atoms with Gasteiger partial charge in [0, 0.05) is 11.1 Å². The summed E-state index contributed by atoms with van der Waals surface area (Å²) in [6.07, 6.45) is 5.60. The molecule has 0 bridgehead atoms. The molecule has 3 aromatic carbocycles. The van der Waals surface area contributed by atoms with E-state index in [0.29, 0.717) is 11.1 Å². The van der Waals surface area contributed by atoms with Crippen LogP contribution in [0.15, 0.2) is 78.9 Å². The molecule has 3 aromatic rings. The number of rotatable bonds is 3. The minimum Gasteiger partial charge on any atom is -0.369 e. The van der Waals surface area contributed by atoms with Crippen molar-refractivity contribution < 1.29 is 9.50 Å². The summed E-state index contributed by atoms with van der Waals surface area (Å²) >= 11 is 0. The Kier molecular flexibility index (Phi) is 3.97. The predicted octanol–water partition coefficient (Wildman–Crippen LogP) is 4.36. The maximum atomic E-state index is 13.0. The van der Waals surface area contributed by atoms with Crippen LogP contribution in [-0.4, -0.2) is 5.11 Å². The SMILES string of the molecule is C#CC(O)(c1ccccc1)c1ccc(-c2ccc(F)cc2)cc1. The Morgan fingerprint density at radius 1 is 0.739 bits per heavy atom. The van der Waals surface area contributed by atoms with E-state index in [-0.39, 0.29) is 5.82 Å². The molecule has 1 unspecified atom stereocenters. The highest BCUT2D eigenvalue weighted by Gasteiger charge is 2.28. The maximum absolute atomic E-state index is 13.0. The molecule has 0 aliphatic rings. The molecule has 1 N–H and O–H groups in total. The zero-order chi connectivity index (χ0) is 16.3. The lowest BCUT2D eigenvalue weighted by molar-refractivity contribution is 0.145. The van der Waals surface area contributed by atoms with Gasteiger partial charge < -0.3 is 5.11 Å². The van der Waals surface area contributed by atoms with E-state index in [9.17, 15) is 9.50 Å². The zero-order valence-electron chi connectivity index (χ0n) is 12.4. The Bertz CT molecular complexity index is 830. The van der Waals surface area contributed by atoms with Gasteiger partial charge in [-0.3, -0.25) is 0 Å². The molecular weight excluding hydrogens is 287 g/mol. The highest BCUT2D eigenvalue weighted by molar-refractivity contribution is 5.64. The van der Waals surface area contributed by atoms with Gasteiger partial charge in [0.05, 0.1) is 0 Å². The first-order chi connectivity index (χ1) is 11.1. The maximum Gasteiger partial charge on any atom is 0.176 e. The van der Waals surface area contributed by atoms with Crippen LogP contribution in [0.1, 0.15) is 11.1 Å². The lowest BCUT2D eigenvalue weighted by Gasteiger charge is -2.23. The fourth-order valence-electron chi connectivity index (χ4n) is 2.56. The first-order valence-electron chi connectivity index (χ1n) is 7.25. The second-order valence-corrected chi connectivity index (χ2v) is 5.31. The Balaban J connectivity index is 1.98. The van der Waals surface area contributed by atoms with Gasteiger partial charge in [0.25, 0.3) is 0 Å². The zero-order valence-corrected chi connectivity index (χ0v) is 12.4. The molecule has 0 radical (unpaired) electrons. The lowest BCUT2D eigenvalue weighted by atomic mass is 9.86. The number of terminal acetylenes is 1.